The fourth-order valence-electron chi connectivity index (χ4n) is 3.33. The quantitative estimate of drug-likeness (QED) is 0.595. The Morgan fingerprint density at radius 2 is 1.64 bits per heavy atom. The van der Waals surface area contributed by atoms with E-state index < -0.39 is 0 Å². The summed E-state index contributed by atoms with van der Waals surface area (Å²) in [4.78, 5) is 16.8. The van der Waals surface area contributed by atoms with Crippen molar-refractivity contribution in [2.45, 2.75) is 26.3 Å². The van der Waals surface area contributed by atoms with Crippen molar-refractivity contribution in [1.82, 2.24) is 15.2 Å². The molecule has 5 nitrogen and oxygen atoms in total. The molecule has 3 rings (SSSR count). The fourth-order valence-corrected chi connectivity index (χ4v) is 3.33. The van der Waals surface area contributed by atoms with Crippen molar-refractivity contribution in [2.24, 2.45) is 5.10 Å². The first kappa shape index (κ1) is 20.2. The first-order chi connectivity index (χ1) is 13.6. The van der Waals surface area contributed by atoms with Gasteiger partial charge in [-0.3, -0.25) is 14.6 Å². The average Bonchev–Trinajstić information content (AvgIpc) is 2.71. The molecule has 0 spiro atoms. The van der Waals surface area contributed by atoms with Gasteiger partial charge in [-0.2, -0.15) is 5.10 Å². The number of rotatable bonds is 7. The highest BCUT2D eigenvalue weighted by Crippen LogP contribution is 2.13. The van der Waals surface area contributed by atoms with Crippen LogP contribution in [-0.4, -0.2) is 54.6 Å². The topological polar surface area (TPSA) is 47.9 Å². The molecule has 1 fully saturated rings. The third-order valence-corrected chi connectivity index (χ3v) is 5.09. The number of nitrogens with zero attached hydrogens (tertiary/aromatic N) is 3. The molecule has 5 heteroatoms. The molecule has 0 unspecified atom stereocenters. The zero-order chi connectivity index (χ0) is 19.8. The third-order valence-electron chi connectivity index (χ3n) is 5.09. The van der Waals surface area contributed by atoms with Crippen molar-refractivity contribution in [1.29, 1.82) is 0 Å². The van der Waals surface area contributed by atoms with E-state index in [9.17, 15) is 4.79 Å². The molecule has 1 aliphatic rings. The molecule has 0 radical (unpaired) electrons. The van der Waals surface area contributed by atoms with Gasteiger partial charge in [-0.15, -0.1) is 0 Å². The van der Waals surface area contributed by atoms with Crippen LogP contribution < -0.4 is 5.43 Å². The normalized spacial score (nSPS) is 16.0. The molecule has 0 bridgehead atoms. The van der Waals surface area contributed by atoms with E-state index in [0.717, 1.165) is 38.3 Å². The van der Waals surface area contributed by atoms with Gasteiger partial charge < -0.3 is 0 Å². The third kappa shape index (κ3) is 6.29. The van der Waals surface area contributed by atoms with Crippen LogP contribution in [0.3, 0.4) is 0 Å². The zero-order valence-electron chi connectivity index (χ0n) is 16.8. The van der Waals surface area contributed by atoms with E-state index in [4.69, 9.17) is 0 Å². The van der Waals surface area contributed by atoms with Crippen LogP contribution in [-0.2, 0) is 11.3 Å². The number of hydrogen-bond acceptors (Lipinski definition) is 4. The minimum Gasteiger partial charge on any atom is -0.297 e. The summed E-state index contributed by atoms with van der Waals surface area (Å²) in [5, 5.41) is 4.09. The summed E-state index contributed by atoms with van der Waals surface area (Å²) in [6.07, 6.45) is 1.69. The van der Waals surface area contributed by atoms with Gasteiger partial charge in [0.1, 0.15) is 0 Å². The van der Waals surface area contributed by atoms with E-state index in [2.05, 4.69) is 70.6 Å². The van der Waals surface area contributed by atoms with Gasteiger partial charge in [0.05, 0.1) is 12.8 Å². The van der Waals surface area contributed by atoms with Gasteiger partial charge in [0.15, 0.2) is 0 Å². The number of amides is 1. The Morgan fingerprint density at radius 3 is 2.29 bits per heavy atom. The molecule has 2 aromatic carbocycles. The first-order valence-corrected chi connectivity index (χ1v) is 10.0. The number of carbonyl (C=O) groups is 1. The summed E-state index contributed by atoms with van der Waals surface area (Å²) in [6, 6.07) is 18.8. The highest BCUT2D eigenvalue weighted by molar-refractivity contribution is 5.83. The van der Waals surface area contributed by atoms with Gasteiger partial charge in [-0.05, 0) is 22.6 Å². The van der Waals surface area contributed by atoms with Crippen LogP contribution in [0.2, 0.25) is 0 Å². The molecular formula is C23H30N4O. The Bertz CT molecular complexity index is 763. The van der Waals surface area contributed by atoms with Crippen molar-refractivity contribution in [2.75, 3.05) is 32.7 Å². The lowest BCUT2D eigenvalue weighted by atomic mass is 10.0. The second kappa shape index (κ2) is 10.2. The number of benzene rings is 2. The lowest BCUT2D eigenvalue weighted by molar-refractivity contribution is -0.122. The minimum absolute atomic E-state index is 0.0634. The summed E-state index contributed by atoms with van der Waals surface area (Å²) < 4.78 is 0. The van der Waals surface area contributed by atoms with E-state index in [-0.39, 0.29) is 5.91 Å². The van der Waals surface area contributed by atoms with Crippen molar-refractivity contribution in [3.63, 3.8) is 0 Å². The maximum Gasteiger partial charge on any atom is 0.254 e. The largest absolute Gasteiger partial charge is 0.297 e. The predicted octanol–water partition coefficient (Wildman–Crippen LogP) is 3.08. The molecular weight excluding hydrogens is 348 g/mol. The molecule has 0 aromatic heterocycles. The van der Waals surface area contributed by atoms with Gasteiger partial charge in [-0.25, -0.2) is 5.43 Å². The minimum atomic E-state index is -0.0634. The molecule has 148 valence electrons. The lowest BCUT2D eigenvalue weighted by Gasteiger charge is -2.34. The Labute approximate surface area is 168 Å². The second-order valence-corrected chi connectivity index (χ2v) is 7.65. The Kier molecular flexibility index (Phi) is 7.34. The molecule has 0 aliphatic carbocycles. The highest BCUT2D eigenvalue weighted by atomic mass is 16.2. The maximum atomic E-state index is 12.1. The number of carbonyl (C=O) groups excluding carboxylic acids is 1. The molecule has 1 heterocycles. The van der Waals surface area contributed by atoms with E-state index in [1.54, 1.807) is 6.21 Å². The molecule has 28 heavy (non-hydrogen) atoms. The van der Waals surface area contributed by atoms with Crippen LogP contribution in [0.4, 0.5) is 0 Å². The van der Waals surface area contributed by atoms with Gasteiger partial charge in [0, 0.05) is 32.7 Å². The number of hydrogen-bond donors (Lipinski definition) is 1. The average molecular weight is 379 g/mol. The number of hydrazone groups is 1. The monoisotopic (exact) mass is 378 g/mol. The van der Waals surface area contributed by atoms with Crippen LogP contribution in [0.5, 0.6) is 0 Å². The second-order valence-electron chi connectivity index (χ2n) is 7.65. The Morgan fingerprint density at radius 1 is 1.00 bits per heavy atom. The van der Waals surface area contributed by atoms with Crippen molar-refractivity contribution in [3.05, 3.63) is 71.3 Å². The SMILES string of the molecule is CC(C)c1ccc(/C=N/NC(=O)CN2CCN(Cc3ccccc3)CC2)cc1. The molecule has 0 atom stereocenters. The van der Waals surface area contributed by atoms with Crippen molar-refractivity contribution in [3.8, 4) is 0 Å². The molecule has 1 saturated heterocycles. The van der Waals surface area contributed by atoms with E-state index in [1.165, 1.54) is 11.1 Å². The summed E-state index contributed by atoms with van der Waals surface area (Å²) in [5.41, 5.74) is 6.26. The van der Waals surface area contributed by atoms with Crippen molar-refractivity contribution >= 4 is 12.1 Å². The fraction of sp³-hybridized carbons (Fsp3) is 0.391. The molecule has 0 saturated carbocycles. The number of piperazine rings is 1. The summed E-state index contributed by atoms with van der Waals surface area (Å²) in [7, 11) is 0. The zero-order valence-corrected chi connectivity index (χ0v) is 16.8. The van der Waals surface area contributed by atoms with Crippen LogP contribution in [0, 0.1) is 0 Å². The summed E-state index contributed by atoms with van der Waals surface area (Å²) in [5.74, 6) is 0.449. The predicted molar refractivity (Wildman–Crippen MR) is 114 cm³/mol. The maximum absolute atomic E-state index is 12.1. The van der Waals surface area contributed by atoms with Crippen LogP contribution in [0.1, 0.15) is 36.5 Å². The van der Waals surface area contributed by atoms with E-state index in [1.807, 2.05) is 18.2 Å². The Hall–Kier alpha value is -2.50. The van der Waals surface area contributed by atoms with Crippen LogP contribution in [0.25, 0.3) is 0 Å². The molecule has 2 aromatic rings. The summed E-state index contributed by atoms with van der Waals surface area (Å²) in [6.45, 7) is 9.47. The van der Waals surface area contributed by atoms with E-state index >= 15 is 0 Å². The smallest absolute Gasteiger partial charge is 0.254 e. The van der Waals surface area contributed by atoms with Crippen molar-refractivity contribution < 1.29 is 4.79 Å². The van der Waals surface area contributed by atoms with Crippen LogP contribution >= 0.6 is 0 Å². The Balaban J connectivity index is 1.37. The lowest BCUT2D eigenvalue weighted by Crippen LogP contribution is -2.48. The van der Waals surface area contributed by atoms with Gasteiger partial charge >= 0.3 is 0 Å². The standard InChI is InChI=1S/C23H30N4O/c1-19(2)22-10-8-20(9-11-22)16-24-25-23(28)18-27-14-12-26(13-15-27)17-21-6-4-3-5-7-21/h3-11,16,19H,12-15,17-18H2,1-2H3,(H,25,28)/b24-16+. The number of nitrogens with one attached hydrogen (secondary N) is 1. The summed E-state index contributed by atoms with van der Waals surface area (Å²) >= 11 is 0. The molecule has 1 amide bonds. The highest BCUT2D eigenvalue weighted by Gasteiger charge is 2.18. The van der Waals surface area contributed by atoms with Gasteiger partial charge in [0.2, 0.25) is 0 Å². The molecule has 1 aliphatic heterocycles. The molecule has 1 N–H and O–H groups in total. The van der Waals surface area contributed by atoms with Gasteiger partial charge in [-0.1, -0.05) is 68.4 Å². The van der Waals surface area contributed by atoms with Crippen LogP contribution in [0.15, 0.2) is 59.7 Å². The van der Waals surface area contributed by atoms with E-state index in [0.29, 0.717) is 12.5 Å². The van der Waals surface area contributed by atoms with Gasteiger partial charge in [0.25, 0.3) is 5.91 Å². The first-order valence-electron chi connectivity index (χ1n) is 10.0.